The van der Waals surface area contributed by atoms with Crippen molar-refractivity contribution in [1.82, 2.24) is 9.88 Å². The van der Waals surface area contributed by atoms with Gasteiger partial charge in [0.1, 0.15) is 5.75 Å². The fourth-order valence-corrected chi connectivity index (χ4v) is 5.06. The second-order valence-corrected chi connectivity index (χ2v) is 8.59. The van der Waals surface area contributed by atoms with Gasteiger partial charge in [-0.2, -0.15) is 0 Å². The molecule has 3 aromatic rings. The van der Waals surface area contributed by atoms with Gasteiger partial charge in [-0.15, -0.1) is 0 Å². The smallest absolute Gasteiger partial charge is 0.335 e. The number of aryl methyl sites for hydroxylation is 1. The zero-order chi connectivity index (χ0) is 23.5. The van der Waals surface area contributed by atoms with E-state index in [1.807, 2.05) is 26.2 Å². The van der Waals surface area contributed by atoms with Crippen molar-refractivity contribution >= 4 is 22.6 Å². The molecule has 0 bridgehead atoms. The molecule has 3 N–H and O–H groups in total. The van der Waals surface area contributed by atoms with Crippen molar-refractivity contribution in [3.63, 3.8) is 0 Å². The molecule has 7 heteroatoms. The molecule has 0 spiro atoms. The average Bonchev–Trinajstić information content (AvgIpc) is 3.32. The second kappa shape index (κ2) is 9.85. The molecule has 7 nitrogen and oxygen atoms in total. The summed E-state index contributed by atoms with van der Waals surface area (Å²) in [7, 11) is 3.56. The van der Waals surface area contributed by atoms with Crippen LogP contribution in [0, 0.1) is 6.92 Å². The minimum atomic E-state index is -0.926. The van der Waals surface area contributed by atoms with Crippen LogP contribution < -0.4 is 10.1 Å². The third-order valence-corrected chi connectivity index (χ3v) is 6.69. The van der Waals surface area contributed by atoms with E-state index < -0.39 is 5.97 Å². The van der Waals surface area contributed by atoms with Gasteiger partial charge in [-0.05, 0) is 62.1 Å². The predicted molar refractivity (Wildman–Crippen MR) is 130 cm³/mol. The Morgan fingerprint density at radius 2 is 2.12 bits per heavy atom. The molecule has 0 unspecified atom stereocenters. The number of aromatic nitrogens is 1. The number of carboxylic acid groups (broad SMARTS) is 1. The standard InChI is InChI=1S/C26H33N3O4/c1-5-33-18-9-11-29(15-21-19-8-10-28-25(19)16(2)12-24(21)32-4)23(14-18)20-7-6-17(26(30)31)13-22(20)27-3/h6-8,10,12-13,18,23,27-28H,5,9,11,14-15H2,1-4H3,(H,30,31)/t18-,23-/m1/s1. The maximum absolute atomic E-state index is 11.5. The summed E-state index contributed by atoms with van der Waals surface area (Å²) in [4.78, 5) is 17.3. The van der Waals surface area contributed by atoms with Gasteiger partial charge < -0.3 is 24.9 Å². The van der Waals surface area contributed by atoms with E-state index in [-0.39, 0.29) is 17.7 Å². The van der Waals surface area contributed by atoms with Gasteiger partial charge in [0, 0.05) is 61.1 Å². The molecular formula is C26H33N3O4. The van der Waals surface area contributed by atoms with Gasteiger partial charge in [-0.3, -0.25) is 4.90 Å². The minimum absolute atomic E-state index is 0.0839. The van der Waals surface area contributed by atoms with Crippen molar-refractivity contribution in [1.29, 1.82) is 0 Å². The first-order valence-electron chi connectivity index (χ1n) is 11.5. The summed E-state index contributed by atoms with van der Waals surface area (Å²) >= 11 is 0. The third kappa shape index (κ3) is 4.56. The van der Waals surface area contributed by atoms with E-state index in [1.165, 1.54) is 5.39 Å². The number of ether oxygens (including phenoxy) is 2. The molecule has 1 aliphatic heterocycles. The van der Waals surface area contributed by atoms with Crippen molar-refractivity contribution < 1.29 is 19.4 Å². The fraction of sp³-hybridized carbons (Fsp3) is 0.423. The van der Waals surface area contributed by atoms with Crippen LogP contribution in [0.2, 0.25) is 0 Å². The Morgan fingerprint density at radius 1 is 1.30 bits per heavy atom. The molecular weight excluding hydrogens is 418 g/mol. The topological polar surface area (TPSA) is 86.8 Å². The first kappa shape index (κ1) is 23.1. The number of hydrogen-bond acceptors (Lipinski definition) is 5. The molecule has 0 saturated carbocycles. The summed E-state index contributed by atoms with van der Waals surface area (Å²) < 4.78 is 11.8. The molecule has 1 saturated heterocycles. The number of carboxylic acids is 1. The average molecular weight is 452 g/mol. The van der Waals surface area contributed by atoms with E-state index in [1.54, 1.807) is 19.2 Å². The first-order valence-corrected chi connectivity index (χ1v) is 11.5. The number of rotatable bonds is 8. The normalized spacial score (nSPS) is 19.0. The lowest BCUT2D eigenvalue weighted by atomic mass is 9.90. The molecule has 2 heterocycles. The summed E-state index contributed by atoms with van der Waals surface area (Å²) in [6.07, 6.45) is 3.95. The third-order valence-electron chi connectivity index (χ3n) is 6.69. The van der Waals surface area contributed by atoms with Gasteiger partial charge in [0.25, 0.3) is 0 Å². The molecule has 1 aliphatic rings. The minimum Gasteiger partial charge on any atom is -0.496 e. The van der Waals surface area contributed by atoms with Gasteiger partial charge in [-0.25, -0.2) is 4.79 Å². The largest absolute Gasteiger partial charge is 0.496 e. The van der Waals surface area contributed by atoms with Gasteiger partial charge >= 0.3 is 5.97 Å². The van der Waals surface area contributed by atoms with Gasteiger partial charge in [-0.1, -0.05) is 6.07 Å². The van der Waals surface area contributed by atoms with Gasteiger partial charge in [0.2, 0.25) is 0 Å². The molecule has 0 radical (unpaired) electrons. The number of aromatic carboxylic acids is 1. The number of hydrogen-bond donors (Lipinski definition) is 3. The Hall–Kier alpha value is -3.03. The molecule has 2 atom stereocenters. The number of benzene rings is 2. The molecule has 33 heavy (non-hydrogen) atoms. The summed E-state index contributed by atoms with van der Waals surface area (Å²) in [6, 6.07) is 9.65. The van der Waals surface area contributed by atoms with E-state index in [2.05, 4.69) is 34.3 Å². The van der Waals surface area contributed by atoms with Crippen LogP contribution in [0.1, 0.15) is 52.9 Å². The maximum atomic E-state index is 11.5. The number of H-pyrrole nitrogens is 1. The van der Waals surface area contributed by atoms with Crippen LogP contribution in [0.4, 0.5) is 5.69 Å². The lowest BCUT2D eigenvalue weighted by molar-refractivity contribution is -0.0136. The van der Waals surface area contributed by atoms with Crippen molar-refractivity contribution in [2.24, 2.45) is 0 Å². The van der Waals surface area contributed by atoms with Gasteiger partial charge in [0.05, 0.1) is 18.8 Å². The molecule has 0 aliphatic carbocycles. The summed E-state index contributed by atoms with van der Waals surface area (Å²) in [5, 5.41) is 13.8. The lowest BCUT2D eigenvalue weighted by Crippen LogP contribution is -2.39. The van der Waals surface area contributed by atoms with Crippen LogP contribution in [0.3, 0.4) is 0 Å². The Balaban J connectivity index is 1.75. The first-order chi connectivity index (χ1) is 16.0. The Kier molecular flexibility index (Phi) is 6.91. The Morgan fingerprint density at radius 3 is 2.82 bits per heavy atom. The summed E-state index contributed by atoms with van der Waals surface area (Å²) in [5.74, 6) is -0.0367. The molecule has 1 aromatic heterocycles. The zero-order valence-electron chi connectivity index (χ0n) is 19.8. The highest BCUT2D eigenvalue weighted by atomic mass is 16.5. The van der Waals surface area contributed by atoms with Crippen molar-refractivity contribution in [3.05, 3.63) is 58.8 Å². The van der Waals surface area contributed by atoms with Crippen molar-refractivity contribution in [3.8, 4) is 5.75 Å². The maximum Gasteiger partial charge on any atom is 0.335 e. The highest BCUT2D eigenvalue weighted by Crippen LogP contribution is 2.40. The molecule has 4 rings (SSSR count). The van der Waals surface area contributed by atoms with E-state index >= 15 is 0 Å². The van der Waals surface area contributed by atoms with Crippen LogP contribution in [-0.4, -0.2) is 54.4 Å². The number of carbonyl (C=O) groups is 1. The number of anilines is 1. The number of nitrogens with one attached hydrogen (secondary N) is 2. The molecule has 1 fully saturated rings. The van der Waals surface area contributed by atoms with E-state index in [9.17, 15) is 9.90 Å². The van der Waals surface area contributed by atoms with Crippen molar-refractivity contribution in [2.75, 3.05) is 32.6 Å². The highest BCUT2D eigenvalue weighted by molar-refractivity contribution is 5.89. The van der Waals surface area contributed by atoms with E-state index in [0.717, 1.165) is 59.6 Å². The predicted octanol–water partition coefficient (Wildman–Crippen LogP) is 4.97. The molecule has 0 amide bonds. The van der Waals surface area contributed by atoms with E-state index in [4.69, 9.17) is 9.47 Å². The van der Waals surface area contributed by atoms with Gasteiger partial charge in [0.15, 0.2) is 0 Å². The van der Waals surface area contributed by atoms with Crippen LogP contribution in [0.25, 0.3) is 10.9 Å². The van der Waals surface area contributed by atoms with Crippen LogP contribution >= 0.6 is 0 Å². The number of methoxy groups -OCH3 is 1. The number of nitrogens with zero attached hydrogens (tertiary/aromatic N) is 1. The van der Waals surface area contributed by atoms with Crippen LogP contribution in [0.15, 0.2) is 36.5 Å². The fourth-order valence-electron chi connectivity index (χ4n) is 5.06. The quantitative estimate of drug-likeness (QED) is 0.448. The second-order valence-electron chi connectivity index (χ2n) is 8.59. The molecule has 2 aromatic carbocycles. The Labute approximate surface area is 194 Å². The molecule has 176 valence electrons. The lowest BCUT2D eigenvalue weighted by Gasteiger charge is -2.40. The monoisotopic (exact) mass is 451 g/mol. The number of fused-ring (bicyclic) bond motifs is 1. The summed E-state index contributed by atoms with van der Waals surface area (Å²) in [5.41, 5.74) is 5.65. The SMILES string of the molecule is CCO[C@@H]1CCN(Cc2c(OC)cc(C)c3[nH]ccc23)[C@@H](c2ccc(C(=O)O)cc2NC)C1. The van der Waals surface area contributed by atoms with E-state index in [0.29, 0.717) is 6.61 Å². The summed E-state index contributed by atoms with van der Waals surface area (Å²) in [6.45, 7) is 6.41. The number of aromatic amines is 1. The Bertz CT molecular complexity index is 1140. The number of piperidine rings is 1. The number of likely N-dealkylation sites (tertiary alicyclic amines) is 1. The van der Waals surface area contributed by atoms with Crippen LogP contribution in [-0.2, 0) is 11.3 Å². The zero-order valence-corrected chi connectivity index (χ0v) is 19.8. The van der Waals surface area contributed by atoms with Crippen molar-refractivity contribution in [2.45, 2.75) is 45.4 Å². The highest BCUT2D eigenvalue weighted by Gasteiger charge is 2.32. The van der Waals surface area contributed by atoms with Crippen LogP contribution in [0.5, 0.6) is 5.75 Å².